The molecule has 0 aliphatic heterocycles. The van der Waals surface area contributed by atoms with Crippen molar-refractivity contribution in [3.63, 3.8) is 0 Å². The lowest BCUT2D eigenvalue weighted by atomic mass is 9.84. The van der Waals surface area contributed by atoms with E-state index in [4.69, 9.17) is 4.52 Å². The summed E-state index contributed by atoms with van der Waals surface area (Å²) in [4.78, 5) is 12.8. The largest absolute Gasteiger partial charge is 0.360 e. The Morgan fingerprint density at radius 2 is 1.64 bits per heavy atom. The molecule has 1 heterocycles. The van der Waals surface area contributed by atoms with Crippen molar-refractivity contribution in [2.75, 3.05) is 6.54 Å². The molecule has 0 aliphatic carbocycles. The number of nitrogens with one attached hydrogen (secondary N) is 1. The zero-order valence-electron chi connectivity index (χ0n) is 14.7. The third kappa shape index (κ3) is 3.63. The van der Waals surface area contributed by atoms with Gasteiger partial charge in [0.25, 0.3) is 5.91 Å². The van der Waals surface area contributed by atoms with Gasteiger partial charge in [0.05, 0.1) is 0 Å². The molecule has 3 aromatic rings. The smallest absolute Gasteiger partial charge is 0.257 e. The Bertz CT molecular complexity index is 852. The molecule has 4 nitrogen and oxygen atoms in total. The van der Waals surface area contributed by atoms with E-state index in [9.17, 15) is 4.79 Å². The summed E-state index contributed by atoms with van der Waals surface area (Å²) in [5.41, 5.74) is 2.95. The second kappa shape index (κ2) is 6.93. The highest BCUT2D eigenvalue weighted by Crippen LogP contribution is 2.26. The third-order valence-corrected chi connectivity index (χ3v) is 4.38. The Kier molecular flexibility index (Phi) is 4.70. The van der Waals surface area contributed by atoms with Gasteiger partial charge >= 0.3 is 0 Å². The molecule has 128 valence electrons. The Hall–Kier alpha value is -2.88. The van der Waals surface area contributed by atoms with Gasteiger partial charge in [0.15, 0.2) is 0 Å². The van der Waals surface area contributed by atoms with Crippen molar-refractivity contribution in [1.29, 1.82) is 0 Å². The van der Waals surface area contributed by atoms with Gasteiger partial charge in [-0.2, -0.15) is 0 Å². The summed E-state index contributed by atoms with van der Waals surface area (Å²) in [6, 6.07) is 19.8. The maximum absolute atomic E-state index is 12.8. The van der Waals surface area contributed by atoms with Crippen LogP contribution in [0.25, 0.3) is 11.3 Å². The Morgan fingerprint density at radius 3 is 2.28 bits per heavy atom. The average Bonchev–Trinajstić information content (AvgIpc) is 3.03. The molecule has 1 aromatic heterocycles. The maximum atomic E-state index is 12.8. The van der Waals surface area contributed by atoms with Crippen LogP contribution in [0.1, 0.15) is 35.5 Å². The van der Waals surface area contributed by atoms with Crippen molar-refractivity contribution in [2.45, 2.75) is 26.2 Å². The summed E-state index contributed by atoms with van der Waals surface area (Å²) >= 11 is 0. The molecule has 0 fully saturated rings. The molecule has 0 radical (unpaired) electrons. The van der Waals surface area contributed by atoms with Gasteiger partial charge in [0.1, 0.15) is 17.0 Å². The van der Waals surface area contributed by atoms with Gasteiger partial charge in [-0.15, -0.1) is 0 Å². The standard InChI is InChI=1S/C21H22N2O2/c1-15-18(19(23-25-15)16-10-6-4-7-11-16)20(24)22-14-21(2,3)17-12-8-5-9-13-17/h4-13H,14H2,1-3H3,(H,22,24). The quantitative estimate of drug-likeness (QED) is 0.754. The second-order valence-electron chi connectivity index (χ2n) is 6.76. The van der Waals surface area contributed by atoms with Crippen LogP contribution >= 0.6 is 0 Å². The van der Waals surface area contributed by atoms with Crippen molar-refractivity contribution >= 4 is 5.91 Å². The van der Waals surface area contributed by atoms with E-state index in [-0.39, 0.29) is 11.3 Å². The van der Waals surface area contributed by atoms with E-state index in [0.29, 0.717) is 23.6 Å². The average molecular weight is 334 g/mol. The minimum absolute atomic E-state index is 0.165. The fraction of sp³-hybridized carbons (Fsp3) is 0.238. The lowest BCUT2D eigenvalue weighted by molar-refractivity contribution is 0.0944. The topological polar surface area (TPSA) is 55.1 Å². The van der Waals surface area contributed by atoms with E-state index in [0.717, 1.165) is 5.56 Å². The number of hydrogen-bond donors (Lipinski definition) is 1. The van der Waals surface area contributed by atoms with E-state index in [1.54, 1.807) is 6.92 Å². The van der Waals surface area contributed by atoms with Crippen molar-refractivity contribution in [1.82, 2.24) is 10.5 Å². The first-order chi connectivity index (χ1) is 12.0. The first kappa shape index (κ1) is 17.0. The fourth-order valence-electron chi connectivity index (χ4n) is 2.81. The van der Waals surface area contributed by atoms with Crippen LogP contribution in [0.5, 0.6) is 0 Å². The molecule has 25 heavy (non-hydrogen) atoms. The monoisotopic (exact) mass is 334 g/mol. The van der Waals surface area contributed by atoms with Crippen molar-refractivity contribution in [3.05, 3.63) is 77.6 Å². The van der Waals surface area contributed by atoms with Crippen LogP contribution in [-0.4, -0.2) is 17.6 Å². The summed E-state index contributed by atoms with van der Waals surface area (Å²) in [6.07, 6.45) is 0. The van der Waals surface area contributed by atoms with Gasteiger partial charge in [0, 0.05) is 17.5 Å². The van der Waals surface area contributed by atoms with Crippen LogP contribution < -0.4 is 5.32 Å². The van der Waals surface area contributed by atoms with Gasteiger partial charge in [-0.3, -0.25) is 4.79 Å². The molecule has 0 spiro atoms. The molecule has 0 saturated carbocycles. The third-order valence-electron chi connectivity index (χ3n) is 4.38. The molecule has 0 saturated heterocycles. The normalized spacial score (nSPS) is 11.3. The molecule has 0 bridgehead atoms. The molecule has 0 aliphatic rings. The minimum Gasteiger partial charge on any atom is -0.360 e. The number of aryl methyl sites for hydroxylation is 1. The molecule has 0 atom stereocenters. The second-order valence-corrected chi connectivity index (χ2v) is 6.76. The molecule has 2 aromatic carbocycles. The van der Waals surface area contributed by atoms with Gasteiger partial charge in [-0.1, -0.05) is 79.7 Å². The number of rotatable bonds is 5. The predicted molar refractivity (Wildman–Crippen MR) is 98.5 cm³/mol. The van der Waals surface area contributed by atoms with E-state index in [2.05, 4.69) is 36.5 Å². The fourth-order valence-corrected chi connectivity index (χ4v) is 2.81. The highest BCUT2D eigenvalue weighted by molar-refractivity contribution is 6.00. The van der Waals surface area contributed by atoms with Crippen LogP contribution in [0.3, 0.4) is 0 Å². The SMILES string of the molecule is Cc1onc(-c2ccccc2)c1C(=O)NCC(C)(C)c1ccccc1. The van der Waals surface area contributed by atoms with Crippen LogP contribution in [0.4, 0.5) is 0 Å². The molecule has 1 amide bonds. The minimum atomic E-state index is -0.172. The number of carbonyl (C=O) groups excluding carboxylic acids is 1. The first-order valence-corrected chi connectivity index (χ1v) is 8.34. The van der Waals surface area contributed by atoms with E-state index < -0.39 is 0 Å². The number of nitrogens with zero attached hydrogens (tertiary/aromatic N) is 1. The lowest BCUT2D eigenvalue weighted by Gasteiger charge is -2.25. The van der Waals surface area contributed by atoms with E-state index in [1.807, 2.05) is 48.5 Å². The van der Waals surface area contributed by atoms with Crippen LogP contribution in [0, 0.1) is 6.92 Å². The van der Waals surface area contributed by atoms with Crippen LogP contribution in [0.15, 0.2) is 65.2 Å². The molecule has 1 N–H and O–H groups in total. The first-order valence-electron chi connectivity index (χ1n) is 8.34. The summed E-state index contributed by atoms with van der Waals surface area (Å²) in [5.74, 6) is 0.357. The zero-order chi connectivity index (χ0) is 17.9. The number of aromatic nitrogens is 1. The van der Waals surface area contributed by atoms with Gasteiger partial charge < -0.3 is 9.84 Å². The summed E-state index contributed by atoms with van der Waals surface area (Å²) < 4.78 is 5.28. The van der Waals surface area contributed by atoms with Crippen LogP contribution in [0.2, 0.25) is 0 Å². The number of hydrogen-bond acceptors (Lipinski definition) is 3. The Labute approximate surface area is 147 Å². The van der Waals surface area contributed by atoms with E-state index in [1.165, 1.54) is 5.56 Å². The van der Waals surface area contributed by atoms with Crippen molar-refractivity contribution in [2.24, 2.45) is 0 Å². The summed E-state index contributed by atoms with van der Waals surface area (Å²) in [7, 11) is 0. The highest BCUT2D eigenvalue weighted by Gasteiger charge is 2.25. The number of benzene rings is 2. The summed E-state index contributed by atoms with van der Waals surface area (Å²) in [6.45, 7) is 6.51. The van der Waals surface area contributed by atoms with Gasteiger partial charge in [-0.05, 0) is 12.5 Å². The Balaban J connectivity index is 1.80. The lowest BCUT2D eigenvalue weighted by Crippen LogP contribution is -2.37. The molecule has 3 rings (SSSR count). The number of carbonyl (C=O) groups is 1. The summed E-state index contributed by atoms with van der Waals surface area (Å²) in [5, 5.41) is 7.11. The highest BCUT2D eigenvalue weighted by atomic mass is 16.5. The molecular weight excluding hydrogens is 312 g/mol. The van der Waals surface area contributed by atoms with E-state index >= 15 is 0 Å². The van der Waals surface area contributed by atoms with Crippen LogP contribution in [-0.2, 0) is 5.41 Å². The maximum Gasteiger partial charge on any atom is 0.257 e. The van der Waals surface area contributed by atoms with Crippen molar-refractivity contribution in [3.8, 4) is 11.3 Å². The molecule has 0 unspecified atom stereocenters. The van der Waals surface area contributed by atoms with Gasteiger partial charge in [-0.25, -0.2) is 0 Å². The Morgan fingerprint density at radius 1 is 1.04 bits per heavy atom. The van der Waals surface area contributed by atoms with Crippen molar-refractivity contribution < 1.29 is 9.32 Å². The number of amides is 1. The van der Waals surface area contributed by atoms with Gasteiger partial charge in [0.2, 0.25) is 0 Å². The molecule has 4 heteroatoms. The molecular formula is C21H22N2O2. The zero-order valence-corrected chi connectivity index (χ0v) is 14.7. The predicted octanol–water partition coefficient (Wildman–Crippen LogP) is 4.36.